The molecular formula is C13H20N2O2. The van der Waals surface area contributed by atoms with Crippen LogP contribution in [0.4, 0.5) is 0 Å². The van der Waals surface area contributed by atoms with Crippen molar-refractivity contribution in [2.45, 2.75) is 19.4 Å². The van der Waals surface area contributed by atoms with Crippen molar-refractivity contribution in [3.63, 3.8) is 0 Å². The minimum absolute atomic E-state index is 0.0684. The third kappa shape index (κ3) is 3.84. The van der Waals surface area contributed by atoms with E-state index in [1.807, 2.05) is 44.2 Å². The summed E-state index contributed by atoms with van der Waals surface area (Å²) in [6.07, 6.45) is 0. The standard InChI is InChI=1S/C13H20N2O2/c1-3-17-9-12(16)15-13(2,10-14)11-7-5-4-6-8-11/h4-8H,3,9-10,14H2,1-2H3,(H,15,16). The SMILES string of the molecule is CCOCC(=O)NC(C)(CN)c1ccccc1. The third-order valence-electron chi connectivity index (χ3n) is 2.67. The fraction of sp³-hybridized carbons (Fsp3) is 0.462. The number of nitrogens with two attached hydrogens (primary N) is 1. The van der Waals surface area contributed by atoms with Gasteiger partial charge in [-0.1, -0.05) is 30.3 Å². The van der Waals surface area contributed by atoms with E-state index in [0.717, 1.165) is 5.56 Å². The fourth-order valence-electron chi connectivity index (χ4n) is 1.59. The second-order valence-electron chi connectivity index (χ2n) is 4.09. The predicted molar refractivity (Wildman–Crippen MR) is 67.5 cm³/mol. The average Bonchev–Trinajstić information content (AvgIpc) is 2.37. The highest BCUT2D eigenvalue weighted by Crippen LogP contribution is 2.18. The lowest BCUT2D eigenvalue weighted by molar-refractivity contribution is -0.127. The van der Waals surface area contributed by atoms with Crippen molar-refractivity contribution in [1.29, 1.82) is 0 Å². The zero-order valence-electron chi connectivity index (χ0n) is 10.4. The maximum Gasteiger partial charge on any atom is 0.246 e. The van der Waals surface area contributed by atoms with E-state index in [1.165, 1.54) is 0 Å². The van der Waals surface area contributed by atoms with E-state index in [0.29, 0.717) is 13.2 Å². The molecule has 1 unspecified atom stereocenters. The van der Waals surface area contributed by atoms with E-state index in [1.54, 1.807) is 0 Å². The number of rotatable bonds is 6. The first kappa shape index (κ1) is 13.7. The highest BCUT2D eigenvalue weighted by molar-refractivity contribution is 5.78. The Labute approximate surface area is 102 Å². The van der Waals surface area contributed by atoms with Gasteiger partial charge in [0.1, 0.15) is 6.61 Å². The molecule has 0 aliphatic carbocycles. The molecule has 0 saturated heterocycles. The molecule has 1 atom stereocenters. The Kier molecular flexibility index (Phi) is 5.12. The van der Waals surface area contributed by atoms with Crippen molar-refractivity contribution in [3.05, 3.63) is 35.9 Å². The normalized spacial score (nSPS) is 14.1. The van der Waals surface area contributed by atoms with E-state index in [9.17, 15) is 4.79 Å². The van der Waals surface area contributed by atoms with Crippen molar-refractivity contribution >= 4 is 5.91 Å². The number of hydrogen-bond acceptors (Lipinski definition) is 3. The molecule has 0 aromatic heterocycles. The third-order valence-corrected chi connectivity index (χ3v) is 2.67. The van der Waals surface area contributed by atoms with Crippen LogP contribution in [0.25, 0.3) is 0 Å². The van der Waals surface area contributed by atoms with E-state index >= 15 is 0 Å². The van der Waals surface area contributed by atoms with Crippen LogP contribution in [0, 0.1) is 0 Å². The highest BCUT2D eigenvalue weighted by Gasteiger charge is 2.26. The van der Waals surface area contributed by atoms with Crippen LogP contribution in [0.1, 0.15) is 19.4 Å². The summed E-state index contributed by atoms with van der Waals surface area (Å²) in [5, 5.41) is 2.91. The van der Waals surface area contributed by atoms with Gasteiger partial charge in [0.15, 0.2) is 0 Å². The maximum absolute atomic E-state index is 11.7. The Morgan fingerprint density at radius 1 is 1.41 bits per heavy atom. The Morgan fingerprint density at radius 2 is 2.06 bits per heavy atom. The number of ether oxygens (including phenoxy) is 1. The Bertz CT molecular complexity index is 354. The molecule has 0 aliphatic rings. The first-order valence-electron chi connectivity index (χ1n) is 5.76. The summed E-state index contributed by atoms with van der Waals surface area (Å²) in [4.78, 5) is 11.7. The summed E-state index contributed by atoms with van der Waals surface area (Å²) in [5.74, 6) is -0.149. The van der Waals surface area contributed by atoms with Gasteiger partial charge in [-0.05, 0) is 19.4 Å². The van der Waals surface area contributed by atoms with Crippen LogP contribution in [0.2, 0.25) is 0 Å². The lowest BCUT2D eigenvalue weighted by atomic mass is 9.92. The molecule has 0 fully saturated rings. The Balaban J connectivity index is 2.72. The first-order chi connectivity index (χ1) is 8.12. The largest absolute Gasteiger partial charge is 0.372 e. The van der Waals surface area contributed by atoms with Crippen LogP contribution in [0.3, 0.4) is 0 Å². The number of carbonyl (C=O) groups excluding carboxylic acids is 1. The van der Waals surface area contributed by atoms with Crippen LogP contribution in [0.15, 0.2) is 30.3 Å². The minimum Gasteiger partial charge on any atom is -0.372 e. The van der Waals surface area contributed by atoms with Gasteiger partial charge in [-0.2, -0.15) is 0 Å². The lowest BCUT2D eigenvalue weighted by Gasteiger charge is -2.30. The van der Waals surface area contributed by atoms with Gasteiger partial charge in [0.05, 0.1) is 5.54 Å². The molecule has 1 rings (SSSR count). The molecule has 1 aromatic rings. The van der Waals surface area contributed by atoms with E-state index in [-0.39, 0.29) is 12.5 Å². The Hall–Kier alpha value is -1.39. The second-order valence-corrected chi connectivity index (χ2v) is 4.09. The minimum atomic E-state index is -0.546. The quantitative estimate of drug-likeness (QED) is 0.775. The summed E-state index contributed by atoms with van der Waals surface area (Å²) in [6.45, 7) is 4.70. The average molecular weight is 236 g/mol. The molecule has 17 heavy (non-hydrogen) atoms. The molecule has 1 amide bonds. The summed E-state index contributed by atoms with van der Waals surface area (Å²) in [7, 11) is 0. The molecule has 0 saturated carbocycles. The highest BCUT2D eigenvalue weighted by atomic mass is 16.5. The first-order valence-corrected chi connectivity index (χ1v) is 5.76. The molecule has 3 N–H and O–H groups in total. The van der Waals surface area contributed by atoms with Crippen molar-refractivity contribution in [1.82, 2.24) is 5.32 Å². The van der Waals surface area contributed by atoms with Crippen molar-refractivity contribution < 1.29 is 9.53 Å². The van der Waals surface area contributed by atoms with Crippen LogP contribution in [-0.2, 0) is 15.1 Å². The van der Waals surface area contributed by atoms with Gasteiger partial charge in [-0.25, -0.2) is 0 Å². The van der Waals surface area contributed by atoms with Crippen molar-refractivity contribution in [2.75, 3.05) is 19.8 Å². The van der Waals surface area contributed by atoms with Gasteiger partial charge in [-0.15, -0.1) is 0 Å². The van der Waals surface area contributed by atoms with Crippen LogP contribution >= 0.6 is 0 Å². The zero-order valence-corrected chi connectivity index (χ0v) is 10.4. The number of carbonyl (C=O) groups is 1. The number of nitrogens with one attached hydrogen (secondary N) is 1. The van der Waals surface area contributed by atoms with Gasteiger partial charge in [-0.3, -0.25) is 4.79 Å². The molecule has 0 radical (unpaired) electrons. The molecule has 0 aliphatic heterocycles. The van der Waals surface area contributed by atoms with Crippen molar-refractivity contribution in [2.24, 2.45) is 5.73 Å². The van der Waals surface area contributed by atoms with Gasteiger partial charge < -0.3 is 15.8 Å². The summed E-state index contributed by atoms with van der Waals surface area (Å²) in [5.41, 5.74) is 6.21. The molecule has 94 valence electrons. The molecule has 4 heteroatoms. The van der Waals surface area contributed by atoms with Crippen LogP contribution in [0.5, 0.6) is 0 Å². The van der Waals surface area contributed by atoms with E-state index < -0.39 is 5.54 Å². The van der Waals surface area contributed by atoms with Gasteiger partial charge in [0, 0.05) is 13.2 Å². The monoisotopic (exact) mass is 236 g/mol. The fourth-order valence-corrected chi connectivity index (χ4v) is 1.59. The molecule has 1 aromatic carbocycles. The Morgan fingerprint density at radius 3 is 2.59 bits per heavy atom. The molecule has 4 nitrogen and oxygen atoms in total. The van der Waals surface area contributed by atoms with Gasteiger partial charge in [0.2, 0.25) is 5.91 Å². The summed E-state index contributed by atoms with van der Waals surface area (Å²) in [6, 6.07) is 9.69. The molecule has 0 bridgehead atoms. The lowest BCUT2D eigenvalue weighted by Crippen LogP contribution is -2.49. The number of hydrogen-bond donors (Lipinski definition) is 2. The maximum atomic E-state index is 11.7. The number of amides is 1. The van der Waals surface area contributed by atoms with E-state index in [4.69, 9.17) is 10.5 Å². The van der Waals surface area contributed by atoms with Gasteiger partial charge >= 0.3 is 0 Å². The molecule has 0 heterocycles. The predicted octanol–water partition coefficient (Wildman–Crippen LogP) is 1.01. The zero-order chi connectivity index (χ0) is 12.7. The number of benzene rings is 1. The summed E-state index contributed by atoms with van der Waals surface area (Å²) < 4.78 is 5.07. The van der Waals surface area contributed by atoms with Gasteiger partial charge in [0.25, 0.3) is 0 Å². The summed E-state index contributed by atoms with van der Waals surface area (Å²) >= 11 is 0. The second kappa shape index (κ2) is 6.37. The topological polar surface area (TPSA) is 64.3 Å². The van der Waals surface area contributed by atoms with Crippen LogP contribution < -0.4 is 11.1 Å². The molecular weight excluding hydrogens is 216 g/mol. The molecule has 0 spiro atoms. The van der Waals surface area contributed by atoms with Crippen LogP contribution in [-0.4, -0.2) is 25.7 Å². The van der Waals surface area contributed by atoms with E-state index in [2.05, 4.69) is 5.32 Å². The smallest absolute Gasteiger partial charge is 0.246 e. The van der Waals surface area contributed by atoms with Crippen molar-refractivity contribution in [3.8, 4) is 0 Å².